The number of amides is 2. The van der Waals surface area contributed by atoms with Gasteiger partial charge in [-0.2, -0.15) is 0 Å². The van der Waals surface area contributed by atoms with Gasteiger partial charge in [0.2, 0.25) is 5.91 Å². The van der Waals surface area contributed by atoms with Crippen molar-refractivity contribution in [1.29, 1.82) is 0 Å². The summed E-state index contributed by atoms with van der Waals surface area (Å²) < 4.78 is 0. The number of nitrogens with one attached hydrogen (secondary N) is 2. The lowest BCUT2D eigenvalue weighted by molar-refractivity contribution is -0.125. The Kier molecular flexibility index (Phi) is 6.66. The third kappa shape index (κ3) is 5.01. The van der Waals surface area contributed by atoms with Gasteiger partial charge in [0, 0.05) is 31.3 Å². The summed E-state index contributed by atoms with van der Waals surface area (Å²) >= 11 is 0. The first kappa shape index (κ1) is 23.2. The monoisotopic (exact) mass is 446 g/mol. The molecule has 0 aliphatic carbocycles. The minimum absolute atomic E-state index is 0.0490. The molecule has 0 atom stereocenters. The summed E-state index contributed by atoms with van der Waals surface area (Å²) in [6.07, 6.45) is 3.59. The predicted molar refractivity (Wildman–Crippen MR) is 133 cm³/mol. The average molecular weight is 447 g/mol. The standard InChI is InChI=1S/C27H34N4O2/c1-18-7-5-9-24(20(18)3)25-29-26(33)27(30-25)12-15-31(16-13-27)14-6-8-22-10-11-23(17-19(22)2)28-21(4)32/h5,7,9-11,17H,6,8,12-16H2,1-4H3,(H,28,32)(H,29,30,33). The molecule has 2 N–H and O–H groups in total. The van der Waals surface area contributed by atoms with Crippen molar-refractivity contribution in [2.75, 3.05) is 25.0 Å². The molecule has 1 saturated heterocycles. The first-order valence-electron chi connectivity index (χ1n) is 11.8. The Hall–Kier alpha value is -2.99. The van der Waals surface area contributed by atoms with E-state index in [2.05, 4.69) is 48.4 Å². The number of rotatable bonds is 6. The van der Waals surface area contributed by atoms with Crippen molar-refractivity contribution < 1.29 is 9.59 Å². The number of carbonyl (C=O) groups excluding carboxylic acids is 2. The van der Waals surface area contributed by atoms with E-state index >= 15 is 0 Å². The molecule has 0 radical (unpaired) electrons. The van der Waals surface area contributed by atoms with Crippen LogP contribution in [0.4, 0.5) is 5.69 Å². The highest BCUT2D eigenvalue weighted by Gasteiger charge is 2.45. The van der Waals surface area contributed by atoms with Crippen molar-refractivity contribution in [3.8, 4) is 0 Å². The SMILES string of the molecule is CC(=O)Nc1ccc(CCCN2CCC3(CC2)N=C(c2cccc(C)c2C)NC3=O)c(C)c1. The molecule has 0 aromatic heterocycles. The molecule has 2 aromatic carbocycles. The maximum atomic E-state index is 12.9. The number of aliphatic imine (C=N–C) groups is 1. The zero-order chi connectivity index (χ0) is 23.6. The summed E-state index contributed by atoms with van der Waals surface area (Å²) in [7, 11) is 0. The van der Waals surface area contributed by atoms with E-state index in [9.17, 15) is 9.59 Å². The molecule has 6 heteroatoms. The number of nitrogens with zero attached hydrogens (tertiary/aromatic N) is 2. The van der Waals surface area contributed by atoms with Crippen LogP contribution in [-0.4, -0.2) is 47.7 Å². The van der Waals surface area contributed by atoms with E-state index in [0.29, 0.717) is 0 Å². The highest BCUT2D eigenvalue weighted by Crippen LogP contribution is 2.32. The van der Waals surface area contributed by atoms with Gasteiger partial charge in [0.15, 0.2) is 0 Å². The van der Waals surface area contributed by atoms with E-state index in [1.165, 1.54) is 29.2 Å². The Labute approximate surface area is 196 Å². The molecule has 2 aromatic rings. The van der Waals surface area contributed by atoms with Gasteiger partial charge in [0.25, 0.3) is 5.91 Å². The molecule has 1 spiro atoms. The molecular formula is C27H34N4O2. The number of hydrogen-bond acceptors (Lipinski definition) is 4. The van der Waals surface area contributed by atoms with Crippen LogP contribution in [0.15, 0.2) is 41.4 Å². The van der Waals surface area contributed by atoms with E-state index < -0.39 is 5.54 Å². The van der Waals surface area contributed by atoms with Crippen LogP contribution in [0.1, 0.15) is 54.0 Å². The van der Waals surface area contributed by atoms with Crippen LogP contribution in [0.25, 0.3) is 0 Å². The maximum Gasteiger partial charge on any atom is 0.253 e. The van der Waals surface area contributed by atoms with Crippen LogP contribution < -0.4 is 10.6 Å². The van der Waals surface area contributed by atoms with Crippen molar-refractivity contribution in [2.24, 2.45) is 4.99 Å². The molecule has 1 fully saturated rings. The van der Waals surface area contributed by atoms with Gasteiger partial charge in [-0.15, -0.1) is 0 Å². The number of aryl methyl sites for hydroxylation is 3. The Morgan fingerprint density at radius 3 is 2.58 bits per heavy atom. The number of benzene rings is 2. The van der Waals surface area contributed by atoms with E-state index in [1.54, 1.807) is 0 Å². The maximum absolute atomic E-state index is 12.9. The van der Waals surface area contributed by atoms with Crippen LogP contribution in [0.3, 0.4) is 0 Å². The first-order valence-corrected chi connectivity index (χ1v) is 11.8. The summed E-state index contributed by atoms with van der Waals surface area (Å²) in [5.41, 5.74) is 6.17. The molecule has 2 aliphatic rings. The summed E-state index contributed by atoms with van der Waals surface area (Å²) in [5, 5.41) is 5.90. The van der Waals surface area contributed by atoms with Crippen molar-refractivity contribution in [1.82, 2.24) is 10.2 Å². The first-order chi connectivity index (χ1) is 15.8. The minimum Gasteiger partial charge on any atom is -0.326 e. The van der Waals surface area contributed by atoms with Crippen LogP contribution in [-0.2, 0) is 16.0 Å². The van der Waals surface area contributed by atoms with Crippen molar-refractivity contribution in [3.05, 3.63) is 64.2 Å². The topological polar surface area (TPSA) is 73.8 Å². The van der Waals surface area contributed by atoms with Gasteiger partial charge < -0.3 is 15.5 Å². The normalized spacial score (nSPS) is 17.7. The summed E-state index contributed by atoms with van der Waals surface area (Å²) in [6, 6.07) is 12.3. The molecule has 2 amide bonds. The predicted octanol–water partition coefficient (Wildman–Crippen LogP) is 3.91. The van der Waals surface area contributed by atoms with Crippen molar-refractivity contribution in [3.63, 3.8) is 0 Å². The number of amidine groups is 1. The Balaban J connectivity index is 1.32. The molecule has 0 saturated carbocycles. The van der Waals surface area contributed by atoms with Crippen LogP contribution in [0.2, 0.25) is 0 Å². The zero-order valence-electron chi connectivity index (χ0n) is 20.1. The molecule has 4 rings (SSSR count). The molecular weight excluding hydrogens is 412 g/mol. The number of piperidine rings is 1. The smallest absolute Gasteiger partial charge is 0.253 e. The lowest BCUT2D eigenvalue weighted by Gasteiger charge is -2.35. The van der Waals surface area contributed by atoms with Gasteiger partial charge in [-0.1, -0.05) is 24.3 Å². The largest absolute Gasteiger partial charge is 0.326 e. The second-order valence-electron chi connectivity index (χ2n) is 9.46. The van der Waals surface area contributed by atoms with Gasteiger partial charge in [0.1, 0.15) is 11.4 Å². The van der Waals surface area contributed by atoms with Crippen molar-refractivity contribution in [2.45, 2.75) is 58.9 Å². The molecule has 33 heavy (non-hydrogen) atoms. The van der Waals surface area contributed by atoms with Gasteiger partial charge in [-0.3, -0.25) is 14.6 Å². The zero-order valence-corrected chi connectivity index (χ0v) is 20.1. The Morgan fingerprint density at radius 1 is 1.12 bits per heavy atom. The summed E-state index contributed by atoms with van der Waals surface area (Å²) in [6.45, 7) is 10.6. The quantitative estimate of drug-likeness (QED) is 0.707. The average Bonchev–Trinajstić information content (AvgIpc) is 3.08. The number of carbonyl (C=O) groups is 2. The Morgan fingerprint density at radius 2 is 1.88 bits per heavy atom. The van der Waals surface area contributed by atoms with Crippen LogP contribution in [0, 0.1) is 20.8 Å². The third-order valence-electron chi connectivity index (χ3n) is 7.11. The molecule has 2 heterocycles. The van der Waals surface area contributed by atoms with E-state index in [1.807, 2.05) is 24.3 Å². The molecule has 2 aliphatic heterocycles. The lowest BCUT2D eigenvalue weighted by Crippen LogP contribution is -2.49. The molecule has 6 nitrogen and oxygen atoms in total. The van der Waals surface area contributed by atoms with Crippen LogP contribution in [0.5, 0.6) is 0 Å². The highest BCUT2D eigenvalue weighted by molar-refractivity contribution is 6.16. The molecule has 0 unspecified atom stereocenters. The summed E-state index contributed by atoms with van der Waals surface area (Å²) in [5.74, 6) is 0.729. The third-order valence-corrected chi connectivity index (χ3v) is 7.11. The van der Waals surface area contributed by atoms with E-state index in [0.717, 1.165) is 62.4 Å². The number of likely N-dealkylation sites (tertiary alicyclic amines) is 1. The number of hydrogen-bond donors (Lipinski definition) is 2. The van der Waals surface area contributed by atoms with Gasteiger partial charge in [-0.05, 0) is 87.4 Å². The lowest BCUT2D eigenvalue weighted by atomic mass is 9.88. The van der Waals surface area contributed by atoms with E-state index in [4.69, 9.17) is 4.99 Å². The molecule has 0 bridgehead atoms. The fourth-order valence-electron chi connectivity index (χ4n) is 4.89. The van der Waals surface area contributed by atoms with Gasteiger partial charge in [0.05, 0.1) is 0 Å². The van der Waals surface area contributed by atoms with Gasteiger partial charge >= 0.3 is 0 Å². The Bertz CT molecular complexity index is 1100. The van der Waals surface area contributed by atoms with E-state index in [-0.39, 0.29) is 11.8 Å². The van der Waals surface area contributed by atoms with Crippen LogP contribution >= 0.6 is 0 Å². The fourth-order valence-corrected chi connectivity index (χ4v) is 4.89. The highest BCUT2D eigenvalue weighted by atomic mass is 16.2. The summed E-state index contributed by atoms with van der Waals surface area (Å²) in [4.78, 5) is 31.5. The van der Waals surface area contributed by atoms with Gasteiger partial charge in [-0.25, -0.2) is 0 Å². The van der Waals surface area contributed by atoms with Crippen molar-refractivity contribution >= 4 is 23.3 Å². The second kappa shape index (κ2) is 9.48. The fraction of sp³-hybridized carbons (Fsp3) is 0.444. The number of anilines is 1. The second-order valence-corrected chi connectivity index (χ2v) is 9.46. The minimum atomic E-state index is -0.613. The molecule has 174 valence electrons.